The number of aliphatic hydroxyl groups is 1. The molecule has 0 aliphatic rings. The molecule has 0 bridgehead atoms. The van der Waals surface area contributed by atoms with Crippen LogP contribution in [0.2, 0.25) is 0 Å². The van der Waals surface area contributed by atoms with Crippen molar-refractivity contribution in [2.75, 3.05) is 13.2 Å². The highest BCUT2D eigenvalue weighted by molar-refractivity contribution is 5.87. The zero-order valence-electron chi connectivity index (χ0n) is 21.4. The Bertz CT molecular complexity index is 1230. The Kier molecular flexibility index (Phi) is 9.37. The number of ether oxygens (including phenoxy) is 2. The molecule has 0 saturated heterocycles. The van der Waals surface area contributed by atoms with E-state index in [0.717, 1.165) is 11.6 Å². The number of halogens is 2. The van der Waals surface area contributed by atoms with Gasteiger partial charge in [-0.25, -0.2) is 13.6 Å². The van der Waals surface area contributed by atoms with E-state index in [2.05, 4.69) is 5.32 Å². The molecule has 0 aromatic heterocycles. The van der Waals surface area contributed by atoms with E-state index in [-0.39, 0.29) is 35.8 Å². The van der Waals surface area contributed by atoms with Gasteiger partial charge in [0.25, 0.3) is 0 Å². The second-order valence-corrected chi connectivity index (χ2v) is 9.74. The van der Waals surface area contributed by atoms with Gasteiger partial charge in [0.2, 0.25) is 0 Å². The van der Waals surface area contributed by atoms with E-state index in [0.29, 0.717) is 23.3 Å². The quantitative estimate of drug-likeness (QED) is 0.283. The fourth-order valence-corrected chi connectivity index (χ4v) is 3.86. The average Bonchev–Trinajstić information content (AvgIpc) is 2.85. The van der Waals surface area contributed by atoms with Crippen molar-refractivity contribution in [2.24, 2.45) is 0 Å². The topological polar surface area (TPSA) is 88.0 Å². The van der Waals surface area contributed by atoms with Gasteiger partial charge in [0.05, 0.1) is 24.4 Å². The van der Waals surface area contributed by atoms with Gasteiger partial charge in [-0.15, -0.1) is 0 Å². The van der Waals surface area contributed by atoms with Crippen molar-refractivity contribution in [2.45, 2.75) is 51.9 Å². The van der Waals surface area contributed by atoms with Gasteiger partial charge < -0.3 is 25.0 Å². The van der Waals surface area contributed by atoms with Crippen molar-refractivity contribution < 1.29 is 33.3 Å². The summed E-state index contributed by atoms with van der Waals surface area (Å²) < 4.78 is 39.8. The molecule has 2 atom stereocenters. The summed E-state index contributed by atoms with van der Waals surface area (Å²) in [5.74, 6) is -2.00. The molecule has 1 unspecified atom stereocenters. The van der Waals surface area contributed by atoms with Crippen LogP contribution in [0.1, 0.15) is 53.9 Å². The molecule has 3 aromatic rings. The first kappa shape index (κ1) is 28.2. The number of benzene rings is 3. The summed E-state index contributed by atoms with van der Waals surface area (Å²) in [6.07, 6.45) is -0.690. The summed E-state index contributed by atoms with van der Waals surface area (Å²) in [7, 11) is 0. The lowest BCUT2D eigenvalue weighted by Crippen LogP contribution is -2.46. The molecule has 0 radical (unpaired) electrons. The molecular formula is C29H33F2NO5. The van der Waals surface area contributed by atoms with E-state index in [1.807, 2.05) is 19.9 Å². The monoisotopic (exact) mass is 513 g/mol. The Hall–Kier alpha value is -3.33. The van der Waals surface area contributed by atoms with Gasteiger partial charge in [0.15, 0.2) is 11.6 Å². The van der Waals surface area contributed by atoms with Gasteiger partial charge in [-0.1, -0.05) is 30.3 Å². The standard InChI is InChI=1S/C29H33F2NO5/c1-18-9-10-20(13-24(18)30)15-29(3,4)32-16-22(33)17-36-19(2)23-7-5-6-8-26(23)37-27-12-11-21(28(34)35)14-25(27)31/h5-14,19,22,32-33H,15-17H2,1-4H3,(H,34,35)/t19?,22-/m1/s1. The molecule has 3 aromatic carbocycles. The molecule has 198 valence electrons. The maximum Gasteiger partial charge on any atom is 0.335 e. The van der Waals surface area contributed by atoms with Crippen LogP contribution in [0, 0.1) is 18.6 Å². The second-order valence-electron chi connectivity index (χ2n) is 9.74. The zero-order valence-corrected chi connectivity index (χ0v) is 21.4. The Morgan fingerprint density at radius 3 is 2.43 bits per heavy atom. The molecule has 8 heteroatoms. The van der Waals surface area contributed by atoms with Gasteiger partial charge in [-0.05, 0) is 75.6 Å². The number of aliphatic hydroxyl groups excluding tert-OH is 1. The molecule has 6 nitrogen and oxygen atoms in total. The van der Waals surface area contributed by atoms with Gasteiger partial charge in [-0.2, -0.15) is 0 Å². The molecule has 0 fully saturated rings. The van der Waals surface area contributed by atoms with Crippen LogP contribution < -0.4 is 10.1 Å². The summed E-state index contributed by atoms with van der Waals surface area (Å²) in [6, 6.07) is 15.6. The van der Waals surface area contributed by atoms with E-state index >= 15 is 0 Å². The maximum absolute atomic E-state index is 14.4. The third-order valence-electron chi connectivity index (χ3n) is 5.99. The van der Waals surface area contributed by atoms with Crippen molar-refractivity contribution in [3.63, 3.8) is 0 Å². The van der Waals surface area contributed by atoms with Gasteiger partial charge in [-0.3, -0.25) is 0 Å². The highest BCUT2D eigenvalue weighted by Crippen LogP contribution is 2.32. The van der Waals surface area contributed by atoms with Crippen LogP contribution in [-0.2, 0) is 11.2 Å². The van der Waals surface area contributed by atoms with Crippen molar-refractivity contribution in [1.29, 1.82) is 0 Å². The van der Waals surface area contributed by atoms with Crippen molar-refractivity contribution in [3.8, 4) is 11.5 Å². The molecule has 0 saturated carbocycles. The fourth-order valence-electron chi connectivity index (χ4n) is 3.86. The molecule has 37 heavy (non-hydrogen) atoms. The second kappa shape index (κ2) is 12.3. The number of β-amino-alcohol motifs (C(OH)–C–C–N with tert-alkyl or cyclic N) is 1. The first-order chi connectivity index (χ1) is 17.4. The highest BCUT2D eigenvalue weighted by Gasteiger charge is 2.21. The molecule has 3 rings (SSSR count). The lowest BCUT2D eigenvalue weighted by molar-refractivity contribution is -0.00483. The van der Waals surface area contributed by atoms with Crippen LogP contribution in [0.5, 0.6) is 11.5 Å². The molecule has 0 amide bonds. The molecule has 0 aliphatic carbocycles. The number of carbonyl (C=O) groups is 1. The highest BCUT2D eigenvalue weighted by atomic mass is 19.1. The van der Waals surface area contributed by atoms with Crippen LogP contribution in [0.25, 0.3) is 0 Å². The summed E-state index contributed by atoms with van der Waals surface area (Å²) in [4.78, 5) is 11.0. The Balaban J connectivity index is 1.55. The fraction of sp³-hybridized carbons (Fsp3) is 0.345. The SMILES string of the molecule is Cc1ccc(CC(C)(C)NC[C@@H](O)COC(C)c2ccccc2Oc2ccc(C(=O)O)cc2F)cc1F. The number of aryl methyl sites for hydroxylation is 1. The lowest BCUT2D eigenvalue weighted by Gasteiger charge is -2.28. The molecule has 0 heterocycles. The predicted molar refractivity (Wildman–Crippen MR) is 137 cm³/mol. The number of carboxylic acids is 1. The van der Waals surface area contributed by atoms with E-state index in [4.69, 9.17) is 14.6 Å². The Morgan fingerprint density at radius 1 is 1.03 bits per heavy atom. The first-order valence-electron chi connectivity index (χ1n) is 12.0. The number of aromatic carboxylic acids is 1. The number of para-hydroxylation sites is 1. The predicted octanol–water partition coefficient (Wildman–Crippen LogP) is 5.81. The number of rotatable bonds is 12. The van der Waals surface area contributed by atoms with E-state index in [1.54, 1.807) is 44.2 Å². The van der Waals surface area contributed by atoms with Crippen LogP contribution >= 0.6 is 0 Å². The first-order valence-corrected chi connectivity index (χ1v) is 12.0. The normalized spacial score (nSPS) is 13.3. The van der Waals surface area contributed by atoms with E-state index in [9.17, 15) is 18.7 Å². The minimum Gasteiger partial charge on any atom is -0.478 e. The molecule has 0 aliphatic heterocycles. The molecule has 3 N–H and O–H groups in total. The minimum absolute atomic E-state index is 0.0411. The maximum atomic E-state index is 14.4. The number of nitrogens with one attached hydrogen (secondary N) is 1. The van der Waals surface area contributed by atoms with Crippen molar-refractivity contribution in [1.82, 2.24) is 5.32 Å². The van der Waals surface area contributed by atoms with Crippen molar-refractivity contribution >= 4 is 5.97 Å². The van der Waals surface area contributed by atoms with E-state index < -0.39 is 24.0 Å². The van der Waals surface area contributed by atoms with E-state index in [1.165, 1.54) is 18.2 Å². The molecule has 0 spiro atoms. The summed E-state index contributed by atoms with van der Waals surface area (Å²) in [5, 5.41) is 22.8. The third-order valence-corrected chi connectivity index (χ3v) is 5.99. The van der Waals surface area contributed by atoms with Gasteiger partial charge in [0.1, 0.15) is 11.6 Å². The summed E-state index contributed by atoms with van der Waals surface area (Å²) in [6.45, 7) is 7.80. The smallest absolute Gasteiger partial charge is 0.335 e. The largest absolute Gasteiger partial charge is 0.478 e. The molecular weight excluding hydrogens is 480 g/mol. The van der Waals surface area contributed by atoms with Crippen LogP contribution in [-0.4, -0.2) is 41.0 Å². The third kappa shape index (κ3) is 8.08. The number of carboxylic acid groups (broad SMARTS) is 1. The Morgan fingerprint density at radius 2 is 1.76 bits per heavy atom. The van der Waals surface area contributed by atoms with Gasteiger partial charge in [0, 0.05) is 17.6 Å². The number of hydrogen-bond donors (Lipinski definition) is 3. The van der Waals surface area contributed by atoms with Crippen molar-refractivity contribution in [3.05, 3.63) is 94.6 Å². The lowest BCUT2D eigenvalue weighted by atomic mass is 9.94. The van der Waals surface area contributed by atoms with Gasteiger partial charge >= 0.3 is 5.97 Å². The summed E-state index contributed by atoms with van der Waals surface area (Å²) in [5.41, 5.74) is 1.56. The number of hydrogen-bond acceptors (Lipinski definition) is 5. The van der Waals surface area contributed by atoms with Crippen LogP contribution in [0.15, 0.2) is 60.7 Å². The van der Waals surface area contributed by atoms with Crippen LogP contribution in [0.4, 0.5) is 8.78 Å². The minimum atomic E-state index is -1.23. The van der Waals surface area contributed by atoms with Crippen LogP contribution in [0.3, 0.4) is 0 Å². The Labute approximate surface area is 215 Å². The summed E-state index contributed by atoms with van der Waals surface area (Å²) >= 11 is 0. The zero-order chi connectivity index (χ0) is 27.2. The average molecular weight is 514 g/mol.